The number of nitrogens with one attached hydrogen (secondary N) is 2. The van der Waals surface area contributed by atoms with E-state index in [2.05, 4.69) is 15.3 Å². The van der Waals surface area contributed by atoms with Gasteiger partial charge < -0.3 is 29.6 Å². The first-order valence-corrected chi connectivity index (χ1v) is 8.35. The molecule has 7 nitrogen and oxygen atoms in total. The smallest absolute Gasteiger partial charge is 0.231 e. The lowest BCUT2D eigenvalue weighted by atomic mass is 10.1. The zero-order valence-electron chi connectivity index (χ0n) is 14.6. The van der Waals surface area contributed by atoms with Crippen LogP contribution in [-0.2, 0) is 0 Å². The van der Waals surface area contributed by atoms with Crippen molar-refractivity contribution < 1.29 is 19.3 Å². The molecule has 0 saturated carbocycles. The number of nitrogens with zero attached hydrogens (tertiary/aromatic N) is 1. The molecule has 3 N–H and O–H groups in total. The fraction of sp³-hybridized carbons (Fsp3) is 0.389. The van der Waals surface area contributed by atoms with Crippen molar-refractivity contribution in [2.75, 3.05) is 19.9 Å². The first-order valence-electron chi connectivity index (χ1n) is 8.35. The third-order valence-corrected chi connectivity index (χ3v) is 4.17. The molecule has 1 unspecified atom stereocenters. The zero-order chi connectivity index (χ0) is 17.4. The van der Waals surface area contributed by atoms with Gasteiger partial charge in [-0.1, -0.05) is 13.8 Å². The van der Waals surface area contributed by atoms with Crippen molar-refractivity contribution in [2.45, 2.75) is 26.0 Å². The Hall–Kier alpha value is -2.22. The number of halogens is 1. The number of hydrogen-bond donors (Lipinski definition) is 3. The molecule has 0 fully saturated rings. The summed E-state index contributed by atoms with van der Waals surface area (Å²) in [5, 5.41) is 15.2. The minimum Gasteiger partial charge on any atom is -0.490 e. The highest BCUT2D eigenvalue weighted by Gasteiger charge is 2.24. The Labute approximate surface area is 157 Å². The van der Waals surface area contributed by atoms with Crippen LogP contribution in [-0.4, -0.2) is 47.2 Å². The van der Waals surface area contributed by atoms with E-state index >= 15 is 0 Å². The normalized spacial score (nSPS) is 14.0. The van der Waals surface area contributed by atoms with E-state index in [1.165, 1.54) is 0 Å². The van der Waals surface area contributed by atoms with Crippen LogP contribution in [0.2, 0.25) is 0 Å². The summed E-state index contributed by atoms with van der Waals surface area (Å²) >= 11 is 0. The molecule has 1 aliphatic rings. The fourth-order valence-electron chi connectivity index (χ4n) is 2.98. The average molecular weight is 380 g/mol. The molecule has 0 amide bonds. The molecular formula is C18H22ClN3O4. The van der Waals surface area contributed by atoms with Gasteiger partial charge in [0, 0.05) is 30.2 Å². The largest absolute Gasteiger partial charge is 0.490 e. The fourth-order valence-corrected chi connectivity index (χ4v) is 2.98. The Morgan fingerprint density at radius 2 is 2.23 bits per heavy atom. The maximum Gasteiger partial charge on any atom is 0.231 e. The van der Waals surface area contributed by atoms with Crippen molar-refractivity contribution in [3.05, 3.63) is 24.5 Å². The van der Waals surface area contributed by atoms with E-state index in [9.17, 15) is 5.11 Å². The Morgan fingerprint density at radius 1 is 1.38 bits per heavy atom. The molecule has 0 saturated heterocycles. The van der Waals surface area contributed by atoms with Crippen molar-refractivity contribution >= 4 is 34.2 Å². The Kier molecular flexibility index (Phi) is 5.41. The third-order valence-electron chi connectivity index (χ3n) is 4.17. The number of aromatic nitrogens is 2. The number of aliphatic hydroxyl groups is 1. The highest BCUT2D eigenvalue weighted by Crippen LogP contribution is 2.46. The molecule has 1 aliphatic heterocycles. The van der Waals surface area contributed by atoms with E-state index in [1.807, 2.05) is 26.0 Å². The Bertz CT molecular complexity index is 912. The number of aromatic amines is 1. The number of fused-ring (bicyclic) bond motifs is 5. The van der Waals surface area contributed by atoms with Crippen LogP contribution >= 0.6 is 12.4 Å². The van der Waals surface area contributed by atoms with Gasteiger partial charge in [0.1, 0.15) is 18.5 Å². The SMILES string of the molecule is CC(C)NCC(O)COc1cc2c(c3[nH]c4cnccc4c13)OCO2.Cl. The summed E-state index contributed by atoms with van der Waals surface area (Å²) in [6.07, 6.45) is 2.91. The molecular weight excluding hydrogens is 358 g/mol. The lowest BCUT2D eigenvalue weighted by Gasteiger charge is -2.16. The number of benzene rings is 1. The van der Waals surface area contributed by atoms with Gasteiger partial charge in [0.15, 0.2) is 11.5 Å². The minimum absolute atomic E-state index is 0. The predicted octanol–water partition coefficient (Wildman–Crippen LogP) is 2.60. The second-order valence-corrected chi connectivity index (χ2v) is 6.43. The van der Waals surface area contributed by atoms with E-state index in [-0.39, 0.29) is 25.8 Å². The first kappa shape index (κ1) is 18.6. The van der Waals surface area contributed by atoms with Crippen molar-refractivity contribution in [1.82, 2.24) is 15.3 Å². The molecule has 140 valence electrons. The number of pyridine rings is 1. The predicted molar refractivity (Wildman–Crippen MR) is 102 cm³/mol. The molecule has 2 aromatic heterocycles. The Balaban J connectivity index is 0.00000196. The molecule has 26 heavy (non-hydrogen) atoms. The maximum absolute atomic E-state index is 10.1. The number of ether oxygens (including phenoxy) is 3. The van der Waals surface area contributed by atoms with Gasteiger partial charge in [-0.2, -0.15) is 0 Å². The van der Waals surface area contributed by atoms with Crippen LogP contribution in [0, 0.1) is 0 Å². The highest BCUT2D eigenvalue weighted by atomic mass is 35.5. The summed E-state index contributed by atoms with van der Waals surface area (Å²) < 4.78 is 17.1. The average Bonchev–Trinajstić information content (AvgIpc) is 3.21. The molecule has 3 heterocycles. The molecule has 0 radical (unpaired) electrons. The van der Waals surface area contributed by atoms with Gasteiger partial charge >= 0.3 is 0 Å². The van der Waals surface area contributed by atoms with Crippen LogP contribution in [0.25, 0.3) is 21.8 Å². The summed E-state index contributed by atoms with van der Waals surface area (Å²) in [5.74, 6) is 1.97. The van der Waals surface area contributed by atoms with Crippen molar-refractivity contribution in [3.63, 3.8) is 0 Å². The number of H-pyrrole nitrogens is 1. The highest BCUT2D eigenvalue weighted by molar-refractivity contribution is 6.13. The van der Waals surface area contributed by atoms with Crippen molar-refractivity contribution in [1.29, 1.82) is 0 Å². The molecule has 3 aromatic rings. The first-order chi connectivity index (χ1) is 12.1. The summed E-state index contributed by atoms with van der Waals surface area (Å²) in [6, 6.07) is 4.06. The number of aliphatic hydroxyl groups excluding tert-OH is 1. The van der Waals surface area contributed by atoms with Crippen LogP contribution < -0.4 is 19.5 Å². The zero-order valence-corrected chi connectivity index (χ0v) is 15.4. The lowest BCUT2D eigenvalue weighted by molar-refractivity contribution is 0.105. The van der Waals surface area contributed by atoms with Gasteiger partial charge in [-0.15, -0.1) is 12.4 Å². The maximum atomic E-state index is 10.1. The second kappa shape index (κ2) is 7.57. The second-order valence-electron chi connectivity index (χ2n) is 6.43. The lowest BCUT2D eigenvalue weighted by Crippen LogP contribution is -2.35. The van der Waals surface area contributed by atoms with Gasteiger partial charge in [0.2, 0.25) is 6.79 Å². The monoisotopic (exact) mass is 379 g/mol. The molecule has 0 spiro atoms. The van der Waals surface area contributed by atoms with Gasteiger partial charge in [-0.05, 0) is 6.07 Å². The van der Waals surface area contributed by atoms with E-state index in [0.717, 1.165) is 21.8 Å². The molecule has 0 bridgehead atoms. The van der Waals surface area contributed by atoms with Crippen molar-refractivity contribution in [2.24, 2.45) is 0 Å². The van der Waals surface area contributed by atoms with Gasteiger partial charge in [-0.25, -0.2) is 0 Å². The number of hydrogen-bond acceptors (Lipinski definition) is 6. The number of rotatable bonds is 6. The van der Waals surface area contributed by atoms with Crippen LogP contribution in [0.15, 0.2) is 24.5 Å². The molecule has 1 atom stereocenters. The van der Waals surface area contributed by atoms with Gasteiger partial charge in [-0.3, -0.25) is 4.98 Å². The quantitative estimate of drug-likeness (QED) is 0.610. The van der Waals surface area contributed by atoms with Crippen LogP contribution in [0.5, 0.6) is 17.2 Å². The Morgan fingerprint density at radius 3 is 3.04 bits per heavy atom. The minimum atomic E-state index is -0.602. The summed E-state index contributed by atoms with van der Waals surface area (Å²) in [7, 11) is 0. The van der Waals surface area contributed by atoms with Gasteiger partial charge in [0.25, 0.3) is 0 Å². The summed E-state index contributed by atoms with van der Waals surface area (Å²) in [6.45, 7) is 4.92. The molecule has 8 heteroatoms. The molecule has 1 aromatic carbocycles. The molecule has 0 aliphatic carbocycles. The van der Waals surface area contributed by atoms with Crippen LogP contribution in [0.3, 0.4) is 0 Å². The van der Waals surface area contributed by atoms with Crippen LogP contribution in [0.4, 0.5) is 0 Å². The standard InChI is InChI=1S/C18H21N3O4.ClH/c1-10(2)20-6-11(22)8-23-14-5-15-18(25-9-24-15)17-16(14)12-3-4-19-7-13(12)21-17;/h3-5,7,10-11,20-22H,6,8-9H2,1-2H3;1H. The van der Waals surface area contributed by atoms with E-state index in [4.69, 9.17) is 14.2 Å². The van der Waals surface area contributed by atoms with Crippen molar-refractivity contribution in [3.8, 4) is 17.2 Å². The topological polar surface area (TPSA) is 88.6 Å². The van der Waals surface area contributed by atoms with Crippen LogP contribution in [0.1, 0.15) is 13.8 Å². The van der Waals surface area contributed by atoms with E-state index in [1.54, 1.807) is 12.4 Å². The van der Waals surface area contributed by atoms with E-state index in [0.29, 0.717) is 29.8 Å². The van der Waals surface area contributed by atoms with Gasteiger partial charge in [0.05, 0.1) is 22.6 Å². The summed E-state index contributed by atoms with van der Waals surface area (Å²) in [5.41, 5.74) is 1.72. The molecule has 4 rings (SSSR count). The third kappa shape index (κ3) is 3.38. The summed E-state index contributed by atoms with van der Waals surface area (Å²) in [4.78, 5) is 7.48. The van der Waals surface area contributed by atoms with E-state index < -0.39 is 6.10 Å².